The number of ether oxygens (including phenoxy) is 1. The molecule has 1 aromatic carbocycles. The van der Waals surface area contributed by atoms with Crippen molar-refractivity contribution in [1.29, 1.82) is 0 Å². The van der Waals surface area contributed by atoms with Crippen LogP contribution in [0.25, 0.3) is 0 Å². The van der Waals surface area contributed by atoms with E-state index in [-0.39, 0.29) is 5.91 Å². The minimum atomic E-state index is -0.0326. The van der Waals surface area contributed by atoms with Gasteiger partial charge < -0.3 is 15.8 Å². The van der Waals surface area contributed by atoms with E-state index in [1.54, 1.807) is 23.5 Å². The quantitative estimate of drug-likeness (QED) is 0.581. The zero-order valence-electron chi connectivity index (χ0n) is 11.9. The first-order valence-electron chi connectivity index (χ1n) is 7.00. The molecular formula is C16H20N2O2S. The number of nitrogens with one attached hydrogen (secondary N) is 1. The Bertz CT molecular complexity index is 555. The van der Waals surface area contributed by atoms with Gasteiger partial charge >= 0.3 is 0 Å². The van der Waals surface area contributed by atoms with Crippen LogP contribution in [0.2, 0.25) is 0 Å². The number of hydrogen-bond acceptors (Lipinski definition) is 4. The van der Waals surface area contributed by atoms with Gasteiger partial charge in [-0.25, -0.2) is 0 Å². The summed E-state index contributed by atoms with van der Waals surface area (Å²) in [7, 11) is 0. The minimum Gasteiger partial charge on any atom is -0.397 e. The molecule has 0 atom stereocenters. The largest absolute Gasteiger partial charge is 0.397 e. The summed E-state index contributed by atoms with van der Waals surface area (Å²) in [5.74, 6) is -0.0326. The topological polar surface area (TPSA) is 64.3 Å². The van der Waals surface area contributed by atoms with E-state index >= 15 is 0 Å². The number of nitrogen functional groups attached to an aromatic ring is 1. The predicted octanol–water partition coefficient (Wildman–Crippen LogP) is 3.31. The van der Waals surface area contributed by atoms with Crippen LogP contribution in [0, 0.1) is 0 Å². The first-order chi connectivity index (χ1) is 10.3. The van der Waals surface area contributed by atoms with E-state index < -0.39 is 0 Å². The van der Waals surface area contributed by atoms with Crippen molar-refractivity contribution in [3.8, 4) is 0 Å². The Morgan fingerprint density at radius 3 is 2.81 bits per heavy atom. The lowest BCUT2D eigenvalue weighted by atomic mass is 10.2. The molecule has 21 heavy (non-hydrogen) atoms. The van der Waals surface area contributed by atoms with Crippen LogP contribution in [0.4, 0.5) is 11.4 Å². The van der Waals surface area contributed by atoms with E-state index in [4.69, 9.17) is 10.5 Å². The van der Waals surface area contributed by atoms with Gasteiger partial charge in [-0.3, -0.25) is 4.79 Å². The van der Waals surface area contributed by atoms with Gasteiger partial charge in [-0.15, -0.1) is 11.3 Å². The second-order valence-electron chi connectivity index (χ2n) is 4.68. The molecule has 1 amide bonds. The van der Waals surface area contributed by atoms with Gasteiger partial charge in [0, 0.05) is 24.3 Å². The summed E-state index contributed by atoms with van der Waals surface area (Å²) in [6, 6.07) is 11.4. The van der Waals surface area contributed by atoms with E-state index in [1.807, 2.05) is 18.2 Å². The number of thiophene rings is 1. The van der Waals surface area contributed by atoms with Gasteiger partial charge in [-0.1, -0.05) is 18.2 Å². The monoisotopic (exact) mass is 304 g/mol. The number of para-hydroxylation sites is 2. The van der Waals surface area contributed by atoms with E-state index in [1.165, 1.54) is 4.88 Å². The third-order valence-electron chi connectivity index (χ3n) is 3.00. The molecule has 0 fully saturated rings. The van der Waals surface area contributed by atoms with Gasteiger partial charge in [0.2, 0.25) is 5.91 Å². The highest BCUT2D eigenvalue weighted by molar-refractivity contribution is 7.09. The average Bonchev–Trinajstić information content (AvgIpc) is 2.98. The van der Waals surface area contributed by atoms with Crippen LogP contribution >= 0.6 is 11.3 Å². The van der Waals surface area contributed by atoms with Crippen molar-refractivity contribution in [1.82, 2.24) is 0 Å². The number of amides is 1. The van der Waals surface area contributed by atoms with E-state index in [9.17, 15) is 4.79 Å². The molecule has 0 aliphatic rings. The Kier molecular flexibility index (Phi) is 6.24. The predicted molar refractivity (Wildman–Crippen MR) is 87.6 cm³/mol. The number of nitrogens with two attached hydrogens (primary N) is 1. The maximum absolute atomic E-state index is 11.8. The molecule has 4 nitrogen and oxygen atoms in total. The number of benzene rings is 1. The molecule has 0 radical (unpaired) electrons. The molecule has 1 heterocycles. The average molecular weight is 304 g/mol. The molecule has 5 heteroatoms. The summed E-state index contributed by atoms with van der Waals surface area (Å²) in [6.07, 6.45) is 2.08. The van der Waals surface area contributed by atoms with Crippen molar-refractivity contribution in [2.45, 2.75) is 19.3 Å². The highest BCUT2D eigenvalue weighted by Crippen LogP contribution is 2.16. The van der Waals surface area contributed by atoms with E-state index in [0.717, 1.165) is 6.42 Å². The molecule has 0 saturated carbocycles. The number of rotatable bonds is 8. The van der Waals surface area contributed by atoms with Crippen LogP contribution in [0.15, 0.2) is 41.8 Å². The normalized spacial score (nSPS) is 10.5. The Balaban J connectivity index is 1.56. The molecule has 2 rings (SSSR count). The molecular weight excluding hydrogens is 284 g/mol. The van der Waals surface area contributed by atoms with Crippen molar-refractivity contribution in [3.63, 3.8) is 0 Å². The van der Waals surface area contributed by atoms with Crippen LogP contribution in [0.1, 0.15) is 17.7 Å². The van der Waals surface area contributed by atoms with Crippen LogP contribution < -0.4 is 11.1 Å². The number of carbonyl (C=O) groups is 1. The van der Waals surface area contributed by atoms with Gasteiger partial charge in [-0.05, 0) is 30.0 Å². The second-order valence-corrected chi connectivity index (χ2v) is 5.71. The number of anilines is 2. The van der Waals surface area contributed by atoms with Gasteiger partial charge in [0.05, 0.1) is 18.0 Å². The summed E-state index contributed by atoms with van der Waals surface area (Å²) in [6.45, 7) is 1.30. The number of carbonyl (C=O) groups excluding carboxylic acids is 1. The van der Waals surface area contributed by atoms with E-state index in [0.29, 0.717) is 37.4 Å². The highest BCUT2D eigenvalue weighted by Gasteiger charge is 2.04. The summed E-state index contributed by atoms with van der Waals surface area (Å²) in [5, 5.41) is 4.87. The fraction of sp³-hybridized carbons (Fsp3) is 0.312. The molecule has 1 aromatic heterocycles. The Hall–Kier alpha value is -1.85. The Labute approximate surface area is 128 Å². The standard InChI is InChI=1S/C16H20N2O2S/c17-14-6-1-2-7-15(14)18-16(19)8-3-10-20-11-9-13-5-4-12-21-13/h1-2,4-7,12H,3,8-11,17H2,(H,18,19). The molecule has 0 spiro atoms. The summed E-state index contributed by atoms with van der Waals surface area (Å²) >= 11 is 1.74. The van der Waals surface area contributed by atoms with Crippen LogP contribution in [-0.2, 0) is 16.0 Å². The molecule has 0 unspecified atom stereocenters. The molecule has 0 bridgehead atoms. The lowest BCUT2D eigenvalue weighted by Gasteiger charge is -2.08. The third kappa shape index (κ3) is 5.57. The molecule has 3 N–H and O–H groups in total. The SMILES string of the molecule is Nc1ccccc1NC(=O)CCCOCCc1cccs1. The maximum Gasteiger partial charge on any atom is 0.224 e. The zero-order valence-corrected chi connectivity index (χ0v) is 12.7. The van der Waals surface area contributed by atoms with Crippen molar-refractivity contribution in [3.05, 3.63) is 46.7 Å². The van der Waals surface area contributed by atoms with Crippen LogP contribution in [0.3, 0.4) is 0 Å². The lowest BCUT2D eigenvalue weighted by molar-refractivity contribution is -0.116. The summed E-state index contributed by atoms with van der Waals surface area (Å²) in [5.41, 5.74) is 7.02. The molecule has 2 aromatic rings. The lowest BCUT2D eigenvalue weighted by Crippen LogP contribution is -2.13. The van der Waals surface area contributed by atoms with Crippen molar-refractivity contribution in [2.24, 2.45) is 0 Å². The van der Waals surface area contributed by atoms with Gasteiger partial charge in [0.15, 0.2) is 0 Å². The van der Waals surface area contributed by atoms with Gasteiger partial charge in [0.1, 0.15) is 0 Å². The fourth-order valence-corrected chi connectivity index (χ4v) is 2.58. The smallest absolute Gasteiger partial charge is 0.224 e. The third-order valence-corrected chi connectivity index (χ3v) is 3.94. The molecule has 0 aliphatic carbocycles. The van der Waals surface area contributed by atoms with E-state index in [2.05, 4.69) is 16.8 Å². The van der Waals surface area contributed by atoms with Crippen LogP contribution in [-0.4, -0.2) is 19.1 Å². The van der Waals surface area contributed by atoms with Crippen LogP contribution in [0.5, 0.6) is 0 Å². The molecule has 112 valence electrons. The van der Waals surface area contributed by atoms with Crippen molar-refractivity contribution >= 4 is 28.6 Å². The molecule has 0 saturated heterocycles. The Morgan fingerprint density at radius 2 is 2.05 bits per heavy atom. The fourth-order valence-electron chi connectivity index (χ4n) is 1.89. The van der Waals surface area contributed by atoms with Gasteiger partial charge in [-0.2, -0.15) is 0 Å². The first kappa shape index (κ1) is 15.5. The van der Waals surface area contributed by atoms with Crippen molar-refractivity contribution in [2.75, 3.05) is 24.3 Å². The first-order valence-corrected chi connectivity index (χ1v) is 7.88. The second kappa shape index (κ2) is 8.44. The zero-order chi connectivity index (χ0) is 14.9. The maximum atomic E-state index is 11.8. The minimum absolute atomic E-state index is 0.0326. The van der Waals surface area contributed by atoms with Gasteiger partial charge in [0.25, 0.3) is 0 Å². The Morgan fingerprint density at radius 1 is 1.19 bits per heavy atom. The molecule has 0 aliphatic heterocycles. The highest BCUT2D eigenvalue weighted by atomic mass is 32.1. The number of hydrogen-bond donors (Lipinski definition) is 2. The summed E-state index contributed by atoms with van der Waals surface area (Å²) in [4.78, 5) is 13.1. The van der Waals surface area contributed by atoms with Crippen molar-refractivity contribution < 1.29 is 9.53 Å². The summed E-state index contributed by atoms with van der Waals surface area (Å²) < 4.78 is 5.53.